The van der Waals surface area contributed by atoms with Gasteiger partial charge in [0.15, 0.2) is 35.9 Å². The number of aliphatic hydroxyl groups is 8. The number of phenols is 4. The SMILES string of the molecule is C[C@@H]1O[C@@H](OC[C@@H]2O[C@H](Oc3c(-c4ccc(O)c(O)c4)oc4cc(O)cc(O)c4c3=O)[C@@H](O[C@@H]3OC[C@](O)(CO)[C@@H]3O)[C@H](O)[C@@H]2O)[C@@H](O)[C@@H](O)[C@H]1O. The fraction of sp³-hybridized carbons (Fsp3) is 0.531. The molecule has 3 aromatic rings. The van der Waals surface area contributed by atoms with Gasteiger partial charge in [-0.25, -0.2) is 0 Å². The molecule has 3 aliphatic rings. The largest absolute Gasteiger partial charge is 0.508 e. The topological polar surface area (TPSA) is 328 Å². The Morgan fingerprint density at radius 2 is 1.56 bits per heavy atom. The Morgan fingerprint density at radius 1 is 0.827 bits per heavy atom. The number of aliphatic hydroxyl groups excluding tert-OH is 7. The van der Waals surface area contributed by atoms with E-state index in [9.17, 15) is 66.1 Å². The molecule has 4 heterocycles. The van der Waals surface area contributed by atoms with Crippen molar-refractivity contribution in [3.8, 4) is 40.1 Å². The van der Waals surface area contributed by atoms with Gasteiger partial charge in [-0.05, 0) is 25.1 Å². The summed E-state index contributed by atoms with van der Waals surface area (Å²) in [4.78, 5) is 14.0. The number of aromatic hydroxyl groups is 4. The van der Waals surface area contributed by atoms with E-state index in [1.165, 1.54) is 13.0 Å². The molecule has 0 aliphatic carbocycles. The Labute approximate surface area is 292 Å². The van der Waals surface area contributed by atoms with Gasteiger partial charge in [0.1, 0.15) is 70.8 Å². The third kappa shape index (κ3) is 6.85. The smallest absolute Gasteiger partial charge is 0.239 e. The summed E-state index contributed by atoms with van der Waals surface area (Å²) in [6, 6.07) is 5.08. The van der Waals surface area contributed by atoms with Gasteiger partial charge >= 0.3 is 0 Å². The molecule has 3 aliphatic heterocycles. The summed E-state index contributed by atoms with van der Waals surface area (Å²) in [5.74, 6) is -3.68. The van der Waals surface area contributed by atoms with Crippen molar-refractivity contribution in [1.29, 1.82) is 0 Å². The molecule has 6 rings (SSSR count). The highest BCUT2D eigenvalue weighted by molar-refractivity contribution is 5.88. The number of hydrogen-bond acceptors (Lipinski definition) is 20. The zero-order valence-corrected chi connectivity index (χ0v) is 27.1. The van der Waals surface area contributed by atoms with Crippen LogP contribution in [-0.2, 0) is 23.7 Å². The molecule has 0 saturated carbocycles. The average molecular weight is 743 g/mol. The van der Waals surface area contributed by atoms with Crippen LogP contribution in [0.25, 0.3) is 22.3 Å². The summed E-state index contributed by atoms with van der Waals surface area (Å²) in [6.45, 7) is -0.880. The van der Waals surface area contributed by atoms with Crippen molar-refractivity contribution in [3.63, 3.8) is 0 Å². The minimum atomic E-state index is -2.19. The van der Waals surface area contributed by atoms with Crippen LogP contribution in [0.1, 0.15) is 6.92 Å². The summed E-state index contributed by atoms with van der Waals surface area (Å²) in [6.07, 6.45) is -20.6. The van der Waals surface area contributed by atoms with Crippen molar-refractivity contribution in [2.75, 3.05) is 19.8 Å². The van der Waals surface area contributed by atoms with Crippen molar-refractivity contribution in [1.82, 2.24) is 0 Å². The summed E-state index contributed by atoms with van der Waals surface area (Å²) >= 11 is 0. The molecule has 1 aromatic heterocycles. The highest BCUT2D eigenvalue weighted by Crippen LogP contribution is 2.40. The lowest BCUT2D eigenvalue weighted by atomic mass is 9.97. The second kappa shape index (κ2) is 14.5. The normalized spacial score (nSPS) is 36.6. The molecular formula is C32H38O20. The van der Waals surface area contributed by atoms with Crippen molar-refractivity contribution in [3.05, 3.63) is 40.6 Å². The molecule has 3 saturated heterocycles. The quantitative estimate of drug-likeness (QED) is 0.0959. The molecule has 2 aromatic carbocycles. The van der Waals surface area contributed by atoms with Gasteiger partial charge in [0.2, 0.25) is 17.5 Å². The fourth-order valence-corrected chi connectivity index (χ4v) is 6.03. The lowest BCUT2D eigenvalue weighted by molar-refractivity contribution is -0.335. The van der Waals surface area contributed by atoms with Crippen LogP contribution in [0, 0.1) is 0 Å². The number of phenolic OH excluding ortho intramolecular Hbond substituents is 4. The number of rotatable bonds is 9. The van der Waals surface area contributed by atoms with E-state index in [0.29, 0.717) is 0 Å². The van der Waals surface area contributed by atoms with Crippen LogP contribution in [0.3, 0.4) is 0 Å². The van der Waals surface area contributed by atoms with E-state index in [1.54, 1.807) is 0 Å². The maximum Gasteiger partial charge on any atom is 0.239 e. The number of benzene rings is 2. The van der Waals surface area contributed by atoms with Crippen LogP contribution in [0.4, 0.5) is 0 Å². The van der Waals surface area contributed by atoms with Gasteiger partial charge in [-0.3, -0.25) is 4.79 Å². The molecule has 3 fully saturated rings. The fourth-order valence-electron chi connectivity index (χ4n) is 6.03. The molecule has 13 atom stereocenters. The maximum absolute atomic E-state index is 14.0. The van der Waals surface area contributed by atoms with Crippen molar-refractivity contribution < 1.29 is 94.1 Å². The van der Waals surface area contributed by atoms with Crippen LogP contribution < -0.4 is 10.2 Å². The van der Waals surface area contributed by atoms with Gasteiger partial charge in [0.05, 0.1) is 25.9 Å². The van der Waals surface area contributed by atoms with E-state index in [-0.39, 0.29) is 11.1 Å². The van der Waals surface area contributed by atoms with Crippen LogP contribution in [0.2, 0.25) is 0 Å². The third-order valence-electron chi connectivity index (χ3n) is 9.14. The van der Waals surface area contributed by atoms with E-state index in [1.807, 2.05) is 0 Å². The van der Waals surface area contributed by atoms with Gasteiger partial charge in [-0.15, -0.1) is 0 Å². The summed E-state index contributed by atoms with van der Waals surface area (Å²) < 4.78 is 39.7. The molecule has 0 spiro atoms. The first-order chi connectivity index (χ1) is 24.5. The highest BCUT2D eigenvalue weighted by atomic mass is 16.8. The third-order valence-corrected chi connectivity index (χ3v) is 9.14. The van der Waals surface area contributed by atoms with Crippen molar-refractivity contribution in [2.45, 2.75) is 86.3 Å². The molecule has 0 unspecified atom stereocenters. The predicted molar refractivity (Wildman–Crippen MR) is 167 cm³/mol. The van der Waals surface area contributed by atoms with Crippen molar-refractivity contribution >= 4 is 11.0 Å². The second-order valence-corrected chi connectivity index (χ2v) is 12.8. The number of hydrogen-bond donors (Lipinski definition) is 12. The number of fused-ring (bicyclic) bond motifs is 1. The lowest BCUT2D eigenvalue weighted by Gasteiger charge is -2.44. The molecule has 20 nitrogen and oxygen atoms in total. The van der Waals surface area contributed by atoms with Crippen LogP contribution in [0.5, 0.6) is 28.7 Å². The van der Waals surface area contributed by atoms with Gasteiger partial charge in [0.25, 0.3) is 0 Å². The first kappa shape index (κ1) is 37.9. The average Bonchev–Trinajstić information content (AvgIpc) is 3.39. The van der Waals surface area contributed by atoms with E-state index >= 15 is 0 Å². The minimum absolute atomic E-state index is 0.0956. The molecule has 12 N–H and O–H groups in total. The van der Waals surface area contributed by atoms with E-state index < -0.39 is 145 Å². The Hall–Kier alpha value is -3.87. The molecule has 0 radical (unpaired) electrons. The molecular weight excluding hydrogens is 704 g/mol. The Balaban J connectivity index is 1.39. The van der Waals surface area contributed by atoms with Crippen LogP contribution in [-0.4, -0.2) is 161 Å². The lowest BCUT2D eigenvalue weighted by Crippen LogP contribution is -2.63. The molecule has 20 heteroatoms. The maximum atomic E-state index is 14.0. The van der Waals surface area contributed by atoms with Gasteiger partial charge in [0, 0.05) is 17.7 Å². The van der Waals surface area contributed by atoms with Gasteiger partial charge < -0.3 is 94.1 Å². The molecule has 0 bridgehead atoms. The first-order valence-corrected chi connectivity index (χ1v) is 15.9. The van der Waals surface area contributed by atoms with Gasteiger partial charge in [-0.1, -0.05) is 0 Å². The second-order valence-electron chi connectivity index (χ2n) is 12.8. The highest BCUT2D eigenvalue weighted by Gasteiger charge is 2.54. The minimum Gasteiger partial charge on any atom is -0.508 e. The van der Waals surface area contributed by atoms with Crippen LogP contribution in [0.15, 0.2) is 39.5 Å². The zero-order chi connectivity index (χ0) is 37.8. The molecule has 52 heavy (non-hydrogen) atoms. The van der Waals surface area contributed by atoms with E-state index in [0.717, 1.165) is 24.3 Å². The van der Waals surface area contributed by atoms with E-state index in [4.69, 9.17) is 32.8 Å². The van der Waals surface area contributed by atoms with Crippen molar-refractivity contribution in [2.24, 2.45) is 0 Å². The van der Waals surface area contributed by atoms with Crippen LogP contribution >= 0.6 is 0 Å². The predicted octanol–water partition coefficient (Wildman–Crippen LogP) is -3.22. The van der Waals surface area contributed by atoms with E-state index in [2.05, 4.69) is 0 Å². The monoisotopic (exact) mass is 742 g/mol. The summed E-state index contributed by atoms with van der Waals surface area (Å²) in [5.41, 5.74) is -3.73. The molecule has 286 valence electrons. The summed E-state index contributed by atoms with van der Waals surface area (Å²) in [5, 5.41) is 124. The standard InChI is InChI=1S/C32H38O20/c1-10-19(38)22(41)24(43)29(48-10)46-7-17-20(39)23(42)27(52-31-28(44)32(45,8-33)9-47-31)30(50-17)51-26-21(40)18-15(37)5-12(34)6-16(18)49-25(26)11-2-3-13(35)14(36)4-11/h2-6,10,17,19-20,22-24,27-31,33-39,41-45H,7-9H2,1H3/t10-,17-,19-,20+,22-,23+,24-,27-,28+,29+,30+,31-,32+/m0/s1. The van der Waals surface area contributed by atoms with Gasteiger partial charge in [-0.2, -0.15) is 0 Å². The first-order valence-electron chi connectivity index (χ1n) is 15.9. The summed E-state index contributed by atoms with van der Waals surface area (Å²) in [7, 11) is 0. The Kier molecular flexibility index (Phi) is 10.6. The Bertz CT molecular complexity index is 1820. The molecule has 0 amide bonds. The number of ether oxygens (including phenoxy) is 6. The Morgan fingerprint density at radius 3 is 2.23 bits per heavy atom. The zero-order valence-electron chi connectivity index (χ0n) is 27.1.